The van der Waals surface area contributed by atoms with Gasteiger partial charge in [-0.15, -0.1) is 0 Å². The molecule has 0 aromatic heterocycles. The summed E-state index contributed by atoms with van der Waals surface area (Å²) in [5.74, 6) is -0.667. The van der Waals surface area contributed by atoms with E-state index in [9.17, 15) is 9.90 Å². The lowest BCUT2D eigenvalue weighted by Crippen LogP contribution is -2.50. The fraction of sp³-hybridized carbons (Fsp3) is 0.923. The Kier molecular flexibility index (Phi) is 6.53. The van der Waals surface area contributed by atoms with Gasteiger partial charge in [-0.2, -0.15) is 0 Å². The molecule has 0 radical (unpaired) electrons. The van der Waals surface area contributed by atoms with E-state index in [0.717, 1.165) is 0 Å². The molecule has 0 aromatic carbocycles. The second-order valence-electron chi connectivity index (χ2n) is 6.35. The molecule has 0 saturated heterocycles. The van der Waals surface area contributed by atoms with E-state index in [2.05, 4.69) is 33.9 Å². The molecule has 0 spiro atoms. The minimum absolute atomic E-state index is 0.00280. The first-order valence-corrected chi connectivity index (χ1v) is 9.68. The molecule has 0 rings (SSSR count). The Morgan fingerprint density at radius 3 is 2.17 bits per heavy atom. The molecular formula is C13H29NO3Si. The van der Waals surface area contributed by atoms with Crippen molar-refractivity contribution in [1.29, 1.82) is 0 Å². The summed E-state index contributed by atoms with van der Waals surface area (Å²) in [4.78, 5) is 12.0. The number of carbonyl (C=O) groups excluding carboxylic acids is 1. The number of rotatable bonds is 6. The number of hydrogen-bond acceptors (Lipinski definition) is 4. The Balaban J connectivity index is 5.21. The largest absolute Gasteiger partial charge is 0.466 e. The molecule has 18 heavy (non-hydrogen) atoms. The van der Waals surface area contributed by atoms with Gasteiger partial charge in [-0.1, -0.05) is 33.9 Å². The Morgan fingerprint density at radius 1 is 1.39 bits per heavy atom. The predicted octanol–water partition coefficient (Wildman–Crippen LogP) is 2.00. The Morgan fingerprint density at radius 2 is 1.89 bits per heavy atom. The van der Waals surface area contributed by atoms with Crippen molar-refractivity contribution in [3.05, 3.63) is 0 Å². The highest BCUT2D eigenvalue weighted by Gasteiger charge is 2.47. The van der Waals surface area contributed by atoms with Crippen LogP contribution in [0.2, 0.25) is 23.7 Å². The quantitative estimate of drug-likeness (QED) is 0.574. The van der Waals surface area contributed by atoms with Crippen molar-refractivity contribution in [2.24, 2.45) is 11.7 Å². The van der Waals surface area contributed by atoms with E-state index < -0.39 is 14.0 Å². The van der Waals surface area contributed by atoms with Crippen LogP contribution in [0.1, 0.15) is 27.7 Å². The summed E-state index contributed by atoms with van der Waals surface area (Å²) in [7, 11) is -1.84. The van der Waals surface area contributed by atoms with Crippen LogP contribution in [0.15, 0.2) is 0 Å². The third-order valence-electron chi connectivity index (χ3n) is 4.39. The van der Waals surface area contributed by atoms with E-state index in [0.29, 0.717) is 6.61 Å². The molecule has 0 amide bonds. The van der Waals surface area contributed by atoms with Gasteiger partial charge < -0.3 is 15.6 Å². The summed E-state index contributed by atoms with van der Waals surface area (Å²) >= 11 is 0. The molecule has 108 valence electrons. The molecule has 0 heterocycles. The van der Waals surface area contributed by atoms with E-state index in [1.807, 2.05) is 0 Å². The van der Waals surface area contributed by atoms with Gasteiger partial charge in [-0.3, -0.25) is 4.79 Å². The first-order valence-electron chi connectivity index (χ1n) is 6.61. The van der Waals surface area contributed by atoms with Crippen molar-refractivity contribution in [3.8, 4) is 0 Å². The fourth-order valence-corrected chi connectivity index (χ4v) is 4.94. The molecule has 3 N–H and O–H groups in total. The number of aliphatic hydroxyl groups excluding tert-OH is 1. The minimum atomic E-state index is -1.84. The first-order chi connectivity index (χ1) is 8.13. The van der Waals surface area contributed by atoms with Gasteiger partial charge in [0.1, 0.15) is 0 Å². The topological polar surface area (TPSA) is 72.5 Å². The highest BCUT2D eigenvalue weighted by molar-refractivity contribution is 6.81. The first kappa shape index (κ1) is 17.6. The Bertz CT molecular complexity index is 274. The normalized spacial score (nSPS) is 16.2. The van der Waals surface area contributed by atoms with Gasteiger partial charge in [0.05, 0.1) is 20.6 Å². The van der Waals surface area contributed by atoms with Gasteiger partial charge in [-0.05, 0) is 17.5 Å². The fourth-order valence-electron chi connectivity index (χ4n) is 2.09. The molecule has 0 aliphatic carbocycles. The van der Waals surface area contributed by atoms with Gasteiger partial charge in [0.15, 0.2) is 0 Å². The van der Waals surface area contributed by atoms with Crippen LogP contribution in [0, 0.1) is 5.92 Å². The summed E-state index contributed by atoms with van der Waals surface area (Å²) in [5, 5.41) is 9.81. The second-order valence-corrected chi connectivity index (χ2v) is 12.0. The number of carbonyl (C=O) groups is 1. The van der Waals surface area contributed by atoms with Crippen molar-refractivity contribution in [2.45, 2.75) is 51.4 Å². The summed E-state index contributed by atoms with van der Waals surface area (Å²) in [6, 6.07) is 0. The van der Waals surface area contributed by atoms with Gasteiger partial charge >= 0.3 is 5.97 Å². The van der Waals surface area contributed by atoms with Gasteiger partial charge in [0, 0.05) is 13.2 Å². The summed E-state index contributed by atoms with van der Waals surface area (Å²) in [6.07, 6.45) is 0. The lowest BCUT2D eigenvalue weighted by atomic mass is 10.1. The maximum Gasteiger partial charge on any atom is 0.310 e. The number of esters is 1. The molecule has 2 atom stereocenters. The van der Waals surface area contributed by atoms with E-state index in [1.165, 1.54) is 0 Å². The van der Waals surface area contributed by atoms with Crippen molar-refractivity contribution in [3.63, 3.8) is 0 Å². The molecule has 0 aromatic rings. The Hall–Kier alpha value is -0.393. The lowest BCUT2D eigenvalue weighted by Gasteiger charge is -2.44. The van der Waals surface area contributed by atoms with E-state index in [-0.39, 0.29) is 29.7 Å². The third kappa shape index (κ3) is 3.80. The van der Waals surface area contributed by atoms with Gasteiger partial charge in [0.25, 0.3) is 0 Å². The van der Waals surface area contributed by atoms with Crippen LogP contribution in [0.25, 0.3) is 0 Å². The predicted molar refractivity (Wildman–Crippen MR) is 77.2 cm³/mol. The van der Waals surface area contributed by atoms with Crippen LogP contribution in [0.5, 0.6) is 0 Å². The van der Waals surface area contributed by atoms with E-state index in [1.54, 1.807) is 6.92 Å². The average molecular weight is 275 g/mol. The smallest absolute Gasteiger partial charge is 0.310 e. The lowest BCUT2D eigenvalue weighted by molar-refractivity contribution is -0.148. The van der Waals surface area contributed by atoms with Crippen molar-refractivity contribution in [2.75, 3.05) is 19.8 Å². The molecule has 0 aliphatic rings. The van der Waals surface area contributed by atoms with Crippen molar-refractivity contribution >= 4 is 14.0 Å². The van der Waals surface area contributed by atoms with Crippen molar-refractivity contribution in [1.82, 2.24) is 0 Å². The molecule has 0 saturated carbocycles. The van der Waals surface area contributed by atoms with Crippen LogP contribution >= 0.6 is 0 Å². The number of hydrogen-bond donors (Lipinski definition) is 2. The number of nitrogens with two attached hydrogens (primary N) is 1. The molecule has 4 nitrogen and oxygen atoms in total. The van der Waals surface area contributed by atoms with Gasteiger partial charge in [-0.25, -0.2) is 0 Å². The monoisotopic (exact) mass is 275 g/mol. The van der Waals surface area contributed by atoms with Crippen LogP contribution in [-0.2, 0) is 9.53 Å². The van der Waals surface area contributed by atoms with Crippen LogP contribution in [0.4, 0.5) is 0 Å². The second kappa shape index (κ2) is 6.68. The SMILES string of the molecule is CCOC(=O)C(CN)C(CO)[Si](C)(C)C(C)(C)C. The molecule has 5 heteroatoms. The van der Waals surface area contributed by atoms with E-state index >= 15 is 0 Å². The van der Waals surface area contributed by atoms with Gasteiger partial charge in [0.2, 0.25) is 0 Å². The zero-order chi connectivity index (χ0) is 14.6. The average Bonchev–Trinajstić information content (AvgIpc) is 2.23. The zero-order valence-electron chi connectivity index (χ0n) is 12.6. The molecule has 2 unspecified atom stereocenters. The maximum atomic E-state index is 12.0. The molecule has 0 bridgehead atoms. The number of aliphatic hydroxyl groups is 1. The molecular weight excluding hydrogens is 246 g/mol. The molecule has 0 aliphatic heterocycles. The minimum Gasteiger partial charge on any atom is -0.466 e. The third-order valence-corrected chi connectivity index (χ3v) is 10.7. The summed E-state index contributed by atoms with van der Waals surface area (Å²) in [5.41, 5.74) is 5.66. The maximum absolute atomic E-state index is 12.0. The number of ether oxygens (including phenoxy) is 1. The Labute approximate surface area is 112 Å². The summed E-state index contributed by atoms with van der Waals surface area (Å²) < 4.78 is 5.08. The molecule has 0 fully saturated rings. The van der Waals surface area contributed by atoms with Crippen molar-refractivity contribution < 1.29 is 14.6 Å². The zero-order valence-corrected chi connectivity index (χ0v) is 13.6. The highest BCUT2D eigenvalue weighted by Crippen LogP contribution is 2.46. The van der Waals surface area contributed by atoms with Crippen LogP contribution in [-0.4, -0.2) is 38.9 Å². The van der Waals surface area contributed by atoms with Crippen LogP contribution < -0.4 is 5.73 Å². The van der Waals surface area contributed by atoms with E-state index in [4.69, 9.17) is 10.5 Å². The van der Waals surface area contributed by atoms with Crippen LogP contribution in [0.3, 0.4) is 0 Å². The highest BCUT2D eigenvalue weighted by atomic mass is 28.3. The standard InChI is InChI=1S/C13H29NO3Si/c1-7-17-12(16)10(8-14)11(9-15)18(5,6)13(2,3)4/h10-11,15H,7-9,14H2,1-6H3. The summed E-state index contributed by atoms with van der Waals surface area (Å²) in [6.45, 7) is 13.3.